The fraction of sp³-hybridized carbons (Fsp3) is 0.684. The van der Waals surface area contributed by atoms with Gasteiger partial charge in [-0.25, -0.2) is 0 Å². The summed E-state index contributed by atoms with van der Waals surface area (Å²) in [4.78, 5) is 0. The maximum atomic E-state index is 2.51. The highest BCUT2D eigenvalue weighted by atomic mass is 14.3. The van der Waals surface area contributed by atoms with Gasteiger partial charge in [0.25, 0.3) is 0 Å². The molecule has 0 heteroatoms. The first-order valence-corrected chi connectivity index (χ1v) is 8.44. The molecule has 0 saturated heterocycles. The predicted octanol–water partition coefficient (Wildman–Crippen LogP) is 5.71. The first-order chi connectivity index (χ1) is 9.33. The van der Waals surface area contributed by atoms with E-state index in [-0.39, 0.29) is 0 Å². The van der Waals surface area contributed by atoms with Gasteiger partial charge in [0.15, 0.2) is 0 Å². The molecule has 1 atom stereocenters. The molecule has 1 aromatic rings. The zero-order valence-electron chi connectivity index (χ0n) is 12.9. The molecular weight excluding hydrogens is 228 g/mol. The van der Waals surface area contributed by atoms with Gasteiger partial charge in [-0.15, -0.1) is 0 Å². The van der Waals surface area contributed by atoms with Crippen LogP contribution < -0.4 is 0 Å². The smallest absolute Gasteiger partial charge is 0.0244 e. The van der Waals surface area contributed by atoms with Crippen LogP contribution in [0.3, 0.4) is 0 Å². The van der Waals surface area contributed by atoms with Crippen LogP contribution >= 0.6 is 0 Å². The summed E-state index contributed by atoms with van der Waals surface area (Å²) in [5, 5.41) is 0. The highest BCUT2D eigenvalue weighted by Crippen LogP contribution is 2.31. The van der Waals surface area contributed by atoms with E-state index in [2.05, 4.69) is 32.0 Å². The third-order valence-electron chi connectivity index (χ3n) is 4.57. The summed E-state index contributed by atoms with van der Waals surface area (Å²) in [5.41, 5.74) is 4.87. The van der Waals surface area contributed by atoms with E-state index in [1.807, 2.05) is 0 Å². The van der Waals surface area contributed by atoms with Crippen molar-refractivity contribution in [1.29, 1.82) is 0 Å². The molecule has 19 heavy (non-hydrogen) atoms. The van der Waals surface area contributed by atoms with Crippen molar-refractivity contribution in [3.8, 4) is 0 Å². The third-order valence-corrected chi connectivity index (χ3v) is 4.57. The molecule has 2 rings (SSSR count). The van der Waals surface area contributed by atoms with Gasteiger partial charge in [-0.3, -0.25) is 0 Å². The van der Waals surface area contributed by atoms with Crippen molar-refractivity contribution >= 4 is 0 Å². The summed E-state index contributed by atoms with van der Waals surface area (Å²) in [6, 6.07) is 7.30. The minimum Gasteiger partial charge on any atom is -0.0654 e. The van der Waals surface area contributed by atoms with Crippen LogP contribution in [0, 0.1) is 5.92 Å². The first-order valence-electron chi connectivity index (χ1n) is 8.44. The van der Waals surface area contributed by atoms with E-state index >= 15 is 0 Å². The van der Waals surface area contributed by atoms with E-state index < -0.39 is 0 Å². The summed E-state index contributed by atoms with van der Waals surface area (Å²) in [6.45, 7) is 4.59. The molecule has 0 heterocycles. The molecule has 0 amide bonds. The Balaban J connectivity index is 1.84. The largest absolute Gasteiger partial charge is 0.0654 e. The summed E-state index contributed by atoms with van der Waals surface area (Å²) < 4.78 is 0. The van der Waals surface area contributed by atoms with Gasteiger partial charge < -0.3 is 0 Å². The molecule has 1 aromatic carbocycles. The molecule has 0 aliphatic heterocycles. The molecule has 1 unspecified atom stereocenters. The van der Waals surface area contributed by atoms with E-state index in [1.165, 1.54) is 64.2 Å². The minimum absolute atomic E-state index is 0.935. The molecular formula is C19H30. The van der Waals surface area contributed by atoms with Crippen LogP contribution in [0.5, 0.6) is 0 Å². The number of benzene rings is 1. The molecule has 1 aliphatic rings. The molecule has 0 aromatic heterocycles. The van der Waals surface area contributed by atoms with Crippen molar-refractivity contribution in [3.05, 3.63) is 34.9 Å². The van der Waals surface area contributed by atoms with Crippen LogP contribution in [0.4, 0.5) is 0 Å². The average molecular weight is 258 g/mol. The molecule has 0 spiro atoms. The lowest BCUT2D eigenvalue weighted by molar-refractivity contribution is 0.489. The van der Waals surface area contributed by atoms with Gasteiger partial charge in [0, 0.05) is 0 Å². The fourth-order valence-corrected chi connectivity index (χ4v) is 3.37. The van der Waals surface area contributed by atoms with Crippen LogP contribution in [-0.2, 0) is 19.3 Å². The van der Waals surface area contributed by atoms with Crippen molar-refractivity contribution in [3.63, 3.8) is 0 Å². The average Bonchev–Trinajstić information content (AvgIpc) is 2.83. The number of unbranched alkanes of at least 4 members (excludes halogenated alkanes) is 4. The van der Waals surface area contributed by atoms with Gasteiger partial charge in [-0.1, -0.05) is 64.2 Å². The standard InChI is InChI=1S/C19H30/c1-3-5-7-8-10-16-11-12-18-14-17(9-6-4-2)15-19(18)13-16/h11-13,17H,3-10,14-15H2,1-2H3. The zero-order chi connectivity index (χ0) is 13.5. The van der Waals surface area contributed by atoms with E-state index in [9.17, 15) is 0 Å². The van der Waals surface area contributed by atoms with Gasteiger partial charge in [-0.2, -0.15) is 0 Å². The molecule has 106 valence electrons. The quantitative estimate of drug-likeness (QED) is 0.524. The number of hydrogen-bond donors (Lipinski definition) is 0. The van der Waals surface area contributed by atoms with E-state index in [1.54, 1.807) is 16.7 Å². The van der Waals surface area contributed by atoms with E-state index in [0.29, 0.717) is 0 Å². The van der Waals surface area contributed by atoms with Gasteiger partial charge in [0.1, 0.15) is 0 Å². The van der Waals surface area contributed by atoms with Crippen molar-refractivity contribution in [2.75, 3.05) is 0 Å². The minimum atomic E-state index is 0.935. The highest BCUT2D eigenvalue weighted by molar-refractivity contribution is 5.36. The van der Waals surface area contributed by atoms with Gasteiger partial charge in [-0.05, 0) is 54.7 Å². The lowest BCUT2D eigenvalue weighted by Gasteiger charge is -2.06. The third kappa shape index (κ3) is 4.37. The van der Waals surface area contributed by atoms with Crippen molar-refractivity contribution in [1.82, 2.24) is 0 Å². The second-order valence-electron chi connectivity index (χ2n) is 6.33. The zero-order valence-corrected chi connectivity index (χ0v) is 12.9. The van der Waals surface area contributed by atoms with Crippen molar-refractivity contribution in [2.45, 2.75) is 78.1 Å². The van der Waals surface area contributed by atoms with Crippen molar-refractivity contribution < 1.29 is 0 Å². The number of fused-ring (bicyclic) bond motifs is 1. The number of aryl methyl sites for hydroxylation is 1. The fourth-order valence-electron chi connectivity index (χ4n) is 3.37. The SMILES string of the molecule is CCCCCCc1ccc2c(c1)CC(CCCC)C2. The van der Waals surface area contributed by atoms with Crippen LogP contribution in [0.25, 0.3) is 0 Å². The molecule has 0 N–H and O–H groups in total. The van der Waals surface area contributed by atoms with Crippen LogP contribution in [0.1, 0.15) is 75.5 Å². The molecule has 0 saturated carbocycles. The Morgan fingerprint density at radius 1 is 0.895 bits per heavy atom. The Kier molecular flexibility index (Phi) is 5.94. The topological polar surface area (TPSA) is 0 Å². The van der Waals surface area contributed by atoms with Gasteiger partial charge in [0.05, 0.1) is 0 Å². The number of hydrogen-bond acceptors (Lipinski definition) is 0. The van der Waals surface area contributed by atoms with Gasteiger partial charge >= 0.3 is 0 Å². The maximum absolute atomic E-state index is 2.51. The highest BCUT2D eigenvalue weighted by Gasteiger charge is 2.20. The Bertz CT molecular complexity index is 378. The summed E-state index contributed by atoms with van der Waals surface area (Å²) in [5.74, 6) is 0.935. The van der Waals surface area contributed by atoms with Gasteiger partial charge in [0.2, 0.25) is 0 Å². The molecule has 0 nitrogen and oxygen atoms in total. The maximum Gasteiger partial charge on any atom is -0.0244 e. The lowest BCUT2D eigenvalue weighted by Crippen LogP contribution is -1.98. The summed E-state index contributed by atoms with van der Waals surface area (Å²) in [7, 11) is 0. The monoisotopic (exact) mass is 258 g/mol. The second kappa shape index (κ2) is 7.72. The molecule has 1 aliphatic carbocycles. The summed E-state index contributed by atoms with van der Waals surface area (Å²) in [6.07, 6.45) is 13.6. The molecule has 0 fully saturated rings. The Hall–Kier alpha value is -0.780. The van der Waals surface area contributed by atoms with E-state index in [0.717, 1.165) is 5.92 Å². The molecule has 0 radical (unpaired) electrons. The Morgan fingerprint density at radius 2 is 1.68 bits per heavy atom. The predicted molar refractivity (Wildman–Crippen MR) is 84.7 cm³/mol. The van der Waals surface area contributed by atoms with Crippen LogP contribution in [0.15, 0.2) is 18.2 Å². The first kappa shape index (κ1) is 14.6. The number of rotatable bonds is 8. The summed E-state index contributed by atoms with van der Waals surface area (Å²) >= 11 is 0. The Morgan fingerprint density at radius 3 is 2.47 bits per heavy atom. The second-order valence-corrected chi connectivity index (χ2v) is 6.33. The van der Waals surface area contributed by atoms with Crippen LogP contribution in [0.2, 0.25) is 0 Å². The normalized spacial score (nSPS) is 17.7. The lowest BCUT2D eigenvalue weighted by atomic mass is 9.99. The van der Waals surface area contributed by atoms with E-state index in [4.69, 9.17) is 0 Å². The Labute approximate surface area is 119 Å². The van der Waals surface area contributed by atoms with Crippen molar-refractivity contribution in [2.24, 2.45) is 5.92 Å². The van der Waals surface area contributed by atoms with Crippen LogP contribution in [-0.4, -0.2) is 0 Å². The molecule has 0 bridgehead atoms.